The second kappa shape index (κ2) is 6.72. The van der Waals surface area contributed by atoms with Crippen LogP contribution in [0.5, 0.6) is 0 Å². The molecule has 0 fully saturated rings. The SMILES string of the molecule is N[C@@H](CCCNC(=O)O)c1ncc(-c2ccccc2)o1. The summed E-state index contributed by atoms with van der Waals surface area (Å²) >= 11 is 0. The van der Waals surface area contributed by atoms with Crippen LogP contribution >= 0.6 is 0 Å². The van der Waals surface area contributed by atoms with Crippen molar-refractivity contribution in [3.63, 3.8) is 0 Å². The standard InChI is InChI=1S/C14H17N3O3/c15-11(7-4-8-16-14(18)19)13-17-9-12(20-13)10-5-2-1-3-6-10/h1-3,5-6,9,11,16H,4,7-8,15H2,(H,18,19)/t11-/m0/s1. The van der Waals surface area contributed by atoms with Crippen molar-refractivity contribution in [2.45, 2.75) is 18.9 Å². The van der Waals surface area contributed by atoms with Crippen LogP contribution in [0.1, 0.15) is 24.8 Å². The Morgan fingerprint density at radius 2 is 2.15 bits per heavy atom. The molecule has 0 saturated carbocycles. The Labute approximate surface area is 116 Å². The van der Waals surface area contributed by atoms with Crippen LogP contribution in [0, 0.1) is 0 Å². The van der Waals surface area contributed by atoms with E-state index in [1.165, 1.54) is 0 Å². The normalized spacial score (nSPS) is 12.1. The molecule has 2 rings (SSSR count). The number of hydrogen-bond donors (Lipinski definition) is 3. The van der Waals surface area contributed by atoms with Crippen LogP contribution in [0.4, 0.5) is 4.79 Å². The van der Waals surface area contributed by atoms with E-state index in [9.17, 15) is 4.79 Å². The Bertz CT molecular complexity index is 554. The van der Waals surface area contributed by atoms with Crippen LogP contribution in [-0.4, -0.2) is 22.7 Å². The number of nitrogens with two attached hydrogens (primary N) is 1. The minimum absolute atomic E-state index is 0.331. The lowest BCUT2D eigenvalue weighted by atomic mass is 10.1. The highest BCUT2D eigenvalue weighted by Gasteiger charge is 2.13. The van der Waals surface area contributed by atoms with Crippen LogP contribution in [0.15, 0.2) is 40.9 Å². The Morgan fingerprint density at radius 3 is 2.85 bits per heavy atom. The summed E-state index contributed by atoms with van der Waals surface area (Å²) in [4.78, 5) is 14.5. The Balaban J connectivity index is 1.90. The highest BCUT2D eigenvalue weighted by Crippen LogP contribution is 2.23. The molecule has 1 amide bonds. The lowest BCUT2D eigenvalue weighted by Crippen LogP contribution is -2.23. The van der Waals surface area contributed by atoms with Crippen LogP contribution in [0.25, 0.3) is 11.3 Å². The summed E-state index contributed by atoms with van der Waals surface area (Å²) in [6.45, 7) is 0.370. The number of aromatic nitrogens is 1. The first-order valence-electron chi connectivity index (χ1n) is 6.40. The van der Waals surface area contributed by atoms with Gasteiger partial charge in [0, 0.05) is 12.1 Å². The summed E-state index contributed by atoms with van der Waals surface area (Å²) in [5, 5.41) is 10.7. The monoisotopic (exact) mass is 275 g/mol. The summed E-state index contributed by atoms with van der Waals surface area (Å²) in [6.07, 6.45) is 1.87. The largest absolute Gasteiger partial charge is 0.465 e. The molecule has 0 bridgehead atoms. The molecule has 0 aliphatic rings. The van der Waals surface area contributed by atoms with Gasteiger partial charge in [-0.25, -0.2) is 9.78 Å². The lowest BCUT2D eigenvalue weighted by Gasteiger charge is -2.07. The molecule has 2 aromatic rings. The van der Waals surface area contributed by atoms with Crippen molar-refractivity contribution in [1.82, 2.24) is 10.3 Å². The molecule has 20 heavy (non-hydrogen) atoms. The molecule has 1 heterocycles. The molecular weight excluding hydrogens is 258 g/mol. The van der Waals surface area contributed by atoms with Crippen molar-refractivity contribution in [3.05, 3.63) is 42.4 Å². The topological polar surface area (TPSA) is 101 Å². The molecular formula is C14H17N3O3. The van der Waals surface area contributed by atoms with E-state index in [1.807, 2.05) is 30.3 Å². The van der Waals surface area contributed by atoms with Gasteiger partial charge in [0.2, 0.25) is 5.89 Å². The Morgan fingerprint density at radius 1 is 1.40 bits per heavy atom. The molecule has 0 spiro atoms. The van der Waals surface area contributed by atoms with Crippen molar-refractivity contribution >= 4 is 6.09 Å². The van der Waals surface area contributed by atoms with Gasteiger partial charge in [-0.1, -0.05) is 30.3 Å². The van der Waals surface area contributed by atoms with E-state index in [-0.39, 0.29) is 6.04 Å². The van der Waals surface area contributed by atoms with Crippen LogP contribution in [0.3, 0.4) is 0 Å². The van der Waals surface area contributed by atoms with Crippen molar-refractivity contribution in [2.24, 2.45) is 5.73 Å². The number of oxazole rings is 1. The third kappa shape index (κ3) is 3.83. The van der Waals surface area contributed by atoms with Gasteiger partial charge in [0.25, 0.3) is 0 Å². The second-order valence-corrected chi connectivity index (χ2v) is 4.41. The Kier molecular flexibility index (Phi) is 4.73. The zero-order chi connectivity index (χ0) is 14.4. The van der Waals surface area contributed by atoms with Gasteiger partial charge >= 0.3 is 6.09 Å². The van der Waals surface area contributed by atoms with Crippen molar-refractivity contribution in [3.8, 4) is 11.3 Å². The summed E-state index contributed by atoms with van der Waals surface area (Å²) in [6, 6.07) is 9.33. The van der Waals surface area contributed by atoms with E-state index in [0.29, 0.717) is 31.0 Å². The predicted molar refractivity (Wildman–Crippen MR) is 74.1 cm³/mol. The zero-order valence-electron chi connectivity index (χ0n) is 11.0. The van der Waals surface area contributed by atoms with Gasteiger partial charge in [-0.2, -0.15) is 0 Å². The molecule has 0 aliphatic carbocycles. The molecule has 0 aliphatic heterocycles. The molecule has 1 aromatic heterocycles. The maximum absolute atomic E-state index is 10.3. The number of carbonyl (C=O) groups is 1. The fourth-order valence-electron chi connectivity index (χ4n) is 1.84. The summed E-state index contributed by atoms with van der Waals surface area (Å²) in [7, 11) is 0. The van der Waals surface area contributed by atoms with Gasteiger partial charge < -0.3 is 20.6 Å². The third-order valence-electron chi connectivity index (χ3n) is 2.87. The maximum Gasteiger partial charge on any atom is 0.404 e. The minimum atomic E-state index is -1.03. The fourth-order valence-corrected chi connectivity index (χ4v) is 1.84. The minimum Gasteiger partial charge on any atom is -0.465 e. The number of rotatable bonds is 6. The highest BCUT2D eigenvalue weighted by molar-refractivity contribution is 5.64. The molecule has 0 saturated heterocycles. The molecule has 6 heteroatoms. The number of benzene rings is 1. The maximum atomic E-state index is 10.3. The predicted octanol–water partition coefficient (Wildman–Crippen LogP) is 2.39. The molecule has 1 atom stereocenters. The first-order chi connectivity index (χ1) is 9.66. The summed E-state index contributed by atoms with van der Waals surface area (Å²) < 4.78 is 5.64. The van der Waals surface area contributed by atoms with E-state index in [4.69, 9.17) is 15.3 Å². The first kappa shape index (κ1) is 14.1. The molecule has 1 aromatic carbocycles. The van der Waals surface area contributed by atoms with Gasteiger partial charge in [0.15, 0.2) is 5.76 Å². The smallest absolute Gasteiger partial charge is 0.404 e. The summed E-state index contributed by atoms with van der Waals surface area (Å²) in [5.74, 6) is 1.15. The van der Waals surface area contributed by atoms with E-state index in [0.717, 1.165) is 5.56 Å². The number of carboxylic acid groups (broad SMARTS) is 1. The average Bonchev–Trinajstić information content (AvgIpc) is 2.94. The van der Waals surface area contributed by atoms with Gasteiger partial charge in [0.05, 0.1) is 12.2 Å². The molecule has 106 valence electrons. The number of amides is 1. The van der Waals surface area contributed by atoms with Crippen molar-refractivity contribution < 1.29 is 14.3 Å². The van der Waals surface area contributed by atoms with Crippen molar-refractivity contribution in [1.29, 1.82) is 0 Å². The average molecular weight is 275 g/mol. The molecule has 0 unspecified atom stereocenters. The number of nitrogens with zero attached hydrogens (tertiary/aromatic N) is 1. The number of hydrogen-bond acceptors (Lipinski definition) is 4. The summed E-state index contributed by atoms with van der Waals surface area (Å²) in [5.41, 5.74) is 6.92. The first-order valence-corrected chi connectivity index (χ1v) is 6.40. The molecule has 4 N–H and O–H groups in total. The van der Waals surface area contributed by atoms with E-state index in [2.05, 4.69) is 10.3 Å². The van der Waals surface area contributed by atoms with Crippen molar-refractivity contribution in [2.75, 3.05) is 6.54 Å². The van der Waals surface area contributed by atoms with E-state index in [1.54, 1.807) is 6.20 Å². The van der Waals surface area contributed by atoms with E-state index >= 15 is 0 Å². The molecule has 6 nitrogen and oxygen atoms in total. The fraction of sp³-hybridized carbons (Fsp3) is 0.286. The quantitative estimate of drug-likeness (QED) is 0.702. The van der Waals surface area contributed by atoms with E-state index < -0.39 is 6.09 Å². The van der Waals surface area contributed by atoms with Gasteiger partial charge in [-0.05, 0) is 12.8 Å². The number of nitrogens with one attached hydrogen (secondary N) is 1. The van der Waals surface area contributed by atoms with Gasteiger partial charge in [-0.15, -0.1) is 0 Å². The Hall–Kier alpha value is -2.34. The van der Waals surface area contributed by atoms with Crippen LogP contribution in [0.2, 0.25) is 0 Å². The lowest BCUT2D eigenvalue weighted by molar-refractivity contribution is 0.194. The molecule has 0 radical (unpaired) electrons. The second-order valence-electron chi connectivity index (χ2n) is 4.41. The highest BCUT2D eigenvalue weighted by atomic mass is 16.4. The van der Waals surface area contributed by atoms with Crippen LogP contribution in [-0.2, 0) is 0 Å². The van der Waals surface area contributed by atoms with Crippen LogP contribution < -0.4 is 11.1 Å². The van der Waals surface area contributed by atoms with Gasteiger partial charge in [-0.3, -0.25) is 0 Å². The third-order valence-corrected chi connectivity index (χ3v) is 2.87. The zero-order valence-corrected chi connectivity index (χ0v) is 11.0. The van der Waals surface area contributed by atoms with Gasteiger partial charge in [0.1, 0.15) is 0 Å².